The van der Waals surface area contributed by atoms with Crippen LogP contribution in [-0.4, -0.2) is 15.0 Å². The fraction of sp³-hybridized carbons (Fsp3) is 0.786. The predicted molar refractivity (Wildman–Crippen MR) is 73.6 cm³/mol. The Bertz CT molecular complexity index is 461. The second-order valence-electron chi connectivity index (χ2n) is 6.97. The summed E-state index contributed by atoms with van der Waals surface area (Å²) in [4.78, 5) is 12.4. The summed E-state index contributed by atoms with van der Waals surface area (Å²) in [6.07, 6.45) is 9.35. The molecule has 4 fully saturated rings. The van der Waals surface area contributed by atoms with E-state index in [0.717, 1.165) is 30.0 Å². The number of aromatic nitrogens is 3. The number of nitrogens with two attached hydrogens (primary N) is 1. The van der Waals surface area contributed by atoms with Crippen molar-refractivity contribution in [2.75, 3.05) is 5.73 Å². The van der Waals surface area contributed by atoms with Crippen LogP contribution in [-0.2, 0) is 6.42 Å². The molecule has 1 heterocycles. The summed E-state index contributed by atoms with van der Waals surface area (Å²) in [5.41, 5.74) is 6.10. The Morgan fingerprint density at radius 1 is 1.00 bits per heavy atom. The topological polar surface area (TPSA) is 64.7 Å². The van der Waals surface area contributed by atoms with Gasteiger partial charge in [-0.15, -0.1) is 0 Å². The van der Waals surface area contributed by atoms with Crippen LogP contribution in [0.4, 0.5) is 5.95 Å². The normalized spacial score (nSPS) is 39.7. The van der Waals surface area contributed by atoms with E-state index in [4.69, 9.17) is 17.3 Å². The molecule has 1 aromatic heterocycles. The summed E-state index contributed by atoms with van der Waals surface area (Å²) in [6.45, 7) is 0. The van der Waals surface area contributed by atoms with Crippen molar-refractivity contribution in [1.82, 2.24) is 15.0 Å². The molecular weight excluding hydrogens is 260 g/mol. The summed E-state index contributed by atoms with van der Waals surface area (Å²) < 4.78 is 0. The molecule has 0 amide bonds. The molecule has 4 saturated carbocycles. The van der Waals surface area contributed by atoms with E-state index in [9.17, 15) is 0 Å². The maximum atomic E-state index is 5.89. The first-order valence-electron chi connectivity index (χ1n) is 7.26. The molecule has 4 nitrogen and oxygen atoms in total. The number of nitrogens with zero attached hydrogens (tertiary/aromatic N) is 3. The largest absolute Gasteiger partial charge is 0.368 e. The lowest BCUT2D eigenvalue weighted by Gasteiger charge is -2.56. The monoisotopic (exact) mass is 278 g/mol. The molecule has 0 unspecified atom stereocenters. The first-order valence-corrected chi connectivity index (χ1v) is 7.64. The molecule has 0 atom stereocenters. The lowest BCUT2D eigenvalue weighted by atomic mass is 9.49. The zero-order valence-electron chi connectivity index (χ0n) is 11.0. The molecule has 0 saturated heterocycles. The smallest absolute Gasteiger partial charge is 0.227 e. The maximum Gasteiger partial charge on any atom is 0.227 e. The van der Waals surface area contributed by atoms with E-state index in [-0.39, 0.29) is 11.2 Å². The summed E-state index contributed by atoms with van der Waals surface area (Å²) in [5, 5.41) is 0.229. The molecule has 0 aromatic carbocycles. The molecule has 4 aliphatic carbocycles. The molecule has 102 valence electrons. The van der Waals surface area contributed by atoms with Gasteiger partial charge in [0, 0.05) is 6.42 Å². The van der Waals surface area contributed by atoms with Gasteiger partial charge < -0.3 is 5.73 Å². The Kier molecular flexibility index (Phi) is 2.53. The first kappa shape index (κ1) is 11.9. The Morgan fingerprint density at radius 3 is 2.11 bits per heavy atom. The van der Waals surface area contributed by atoms with Gasteiger partial charge in [0.25, 0.3) is 0 Å². The highest BCUT2D eigenvalue weighted by atomic mass is 35.5. The van der Waals surface area contributed by atoms with E-state index in [1.165, 1.54) is 38.5 Å². The highest BCUT2D eigenvalue weighted by molar-refractivity contribution is 6.28. The molecule has 0 radical (unpaired) electrons. The van der Waals surface area contributed by atoms with Crippen LogP contribution in [0.15, 0.2) is 0 Å². The molecule has 4 bridgehead atoms. The van der Waals surface area contributed by atoms with E-state index in [2.05, 4.69) is 15.0 Å². The van der Waals surface area contributed by atoms with Gasteiger partial charge >= 0.3 is 0 Å². The van der Waals surface area contributed by atoms with Crippen LogP contribution in [0, 0.1) is 23.2 Å². The Balaban J connectivity index is 1.62. The van der Waals surface area contributed by atoms with Gasteiger partial charge in [0.15, 0.2) is 0 Å². The summed E-state index contributed by atoms with van der Waals surface area (Å²) >= 11 is 5.89. The van der Waals surface area contributed by atoms with Crippen molar-refractivity contribution in [1.29, 1.82) is 0 Å². The van der Waals surface area contributed by atoms with Crippen LogP contribution in [0.3, 0.4) is 0 Å². The van der Waals surface area contributed by atoms with Gasteiger partial charge in [-0.2, -0.15) is 9.97 Å². The van der Waals surface area contributed by atoms with Crippen LogP contribution in [0.2, 0.25) is 5.28 Å². The van der Waals surface area contributed by atoms with Crippen LogP contribution in [0.25, 0.3) is 0 Å². The molecule has 5 heteroatoms. The molecule has 0 spiro atoms. The van der Waals surface area contributed by atoms with Crippen LogP contribution in [0.5, 0.6) is 0 Å². The van der Waals surface area contributed by atoms with Crippen molar-refractivity contribution < 1.29 is 0 Å². The third-order valence-electron chi connectivity index (χ3n) is 5.37. The second kappa shape index (κ2) is 4.05. The maximum absolute atomic E-state index is 5.89. The van der Waals surface area contributed by atoms with Gasteiger partial charge in [-0.05, 0) is 73.3 Å². The predicted octanol–water partition coefficient (Wildman–Crippen LogP) is 2.87. The summed E-state index contributed by atoms with van der Waals surface area (Å²) in [5.74, 6) is 3.88. The Morgan fingerprint density at radius 2 is 1.58 bits per heavy atom. The lowest BCUT2D eigenvalue weighted by molar-refractivity contribution is -0.0531. The number of rotatable bonds is 2. The summed E-state index contributed by atoms with van der Waals surface area (Å²) in [6, 6.07) is 0. The molecule has 1 aromatic rings. The quantitative estimate of drug-likeness (QED) is 0.903. The van der Waals surface area contributed by atoms with E-state index in [0.29, 0.717) is 5.41 Å². The summed E-state index contributed by atoms with van der Waals surface area (Å²) in [7, 11) is 0. The minimum atomic E-state index is 0.229. The van der Waals surface area contributed by atoms with Gasteiger partial charge in [-0.3, -0.25) is 0 Å². The lowest BCUT2D eigenvalue weighted by Crippen LogP contribution is -2.47. The minimum absolute atomic E-state index is 0.229. The average Bonchev–Trinajstić information content (AvgIpc) is 2.23. The van der Waals surface area contributed by atoms with Crippen molar-refractivity contribution in [3.63, 3.8) is 0 Å². The Hall–Kier alpha value is -0.900. The third-order valence-corrected chi connectivity index (χ3v) is 5.54. The van der Waals surface area contributed by atoms with E-state index >= 15 is 0 Å². The molecule has 0 aliphatic heterocycles. The minimum Gasteiger partial charge on any atom is -0.368 e. The van der Waals surface area contributed by atoms with Crippen molar-refractivity contribution in [2.24, 2.45) is 23.2 Å². The zero-order valence-corrected chi connectivity index (χ0v) is 11.7. The number of hydrogen-bond donors (Lipinski definition) is 1. The number of nitrogen functional groups attached to an aromatic ring is 1. The zero-order chi connectivity index (χ0) is 13.0. The van der Waals surface area contributed by atoms with Crippen molar-refractivity contribution in [3.05, 3.63) is 11.1 Å². The SMILES string of the molecule is Nc1nc(Cl)nc(CC23CC4CC(CC(C4)C2)C3)n1. The average molecular weight is 279 g/mol. The third kappa shape index (κ3) is 2.10. The fourth-order valence-corrected chi connectivity index (χ4v) is 5.51. The van der Waals surface area contributed by atoms with Gasteiger partial charge in [-0.1, -0.05) is 0 Å². The molecule has 2 N–H and O–H groups in total. The molecule has 5 rings (SSSR count). The highest BCUT2D eigenvalue weighted by Gasteiger charge is 2.51. The van der Waals surface area contributed by atoms with Crippen LogP contribution >= 0.6 is 11.6 Å². The van der Waals surface area contributed by atoms with E-state index in [1.807, 2.05) is 0 Å². The molecule has 4 aliphatic rings. The highest BCUT2D eigenvalue weighted by Crippen LogP contribution is 2.60. The molecular formula is C14H19ClN4. The standard InChI is InChI=1S/C14H19ClN4/c15-12-17-11(18-13(16)19-12)7-14-4-8-1-9(5-14)3-10(2-8)6-14/h8-10H,1-7H2,(H2,16,17,18,19). The number of anilines is 1. The van der Waals surface area contributed by atoms with Crippen molar-refractivity contribution >= 4 is 17.5 Å². The number of hydrogen-bond acceptors (Lipinski definition) is 4. The second-order valence-corrected chi connectivity index (χ2v) is 7.31. The van der Waals surface area contributed by atoms with E-state index in [1.54, 1.807) is 0 Å². The van der Waals surface area contributed by atoms with E-state index < -0.39 is 0 Å². The first-order chi connectivity index (χ1) is 9.10. The van der Waals surface area contributed by atoms with Gasteiger partial charge in [0.05, 0.1) is 0 Å². The number of halogens is 1. The molecule has 19 heavy (non-hydrogen) atoms. The fourth-order valence-electron chi connectivity index (χ4n) is 5.33. The van der Waals surface area contributed by atoms with Crippen molar-refractivity contribution in [3.8, 4) is 0 Å². The van der Waals surface area contributed by atoms with Crippen LogP contribution < -0.4 is 5.73 Å². The van der Waals surface area contributed by atoms with Crippen LogP contribution in [0.1, 0.15) is 44.3 Å². The van der Waals surface area contributed by atoms with Gasteiger partial charge in [0.1, 0.15) is 5.82 Å². The Labute approximate surface area is 118 Å². The van der Waals surface area contributed by atoms with Gasteiger partial charge in [-0.25, -0.2) is 4.98 Å². The van der Waals surface area contributed by atoms with Crippen molar-refractivity contribution in [2.45, 2.75) is 44.9 Å². The van der Waals surface area contributed by atoms with Gasteiger partial charge in [0.2, 0.25) is 11.2 Å².